The molecule has 1 N–H and O–H groups in total. The maximum atomic E-state index is 12.3. The van der Waals surface area contributed by atoms with Crippen LogP contribution in [-0.4, -0.2) is 22.5 Å². The molecule has 2 aromatic heterocycles. The van der Waals surface area contributed by atoms with E-state index in [0.29, 0.717) is 18.0 Å². The van der Waals surface area contributed by atoms with Gasteiger partial charge in [-0.2, -0.15) is 0 Å². The van der Waals surface area contributed by atoms with Gasteiger partial charge in [0.2, 0.25) is 0 Å². The van der Waals surface area contributed by atoms with Crippen molar-refractivity contribution >= 4 is 55.0 Å². The molecule has 0 aliphatic carbocycles. The molecule has 30 heavy (non-hydrogen) atoms. The average Bonchev–Trinajstić information content (AvgIpc) is 3.20. The molecule has 0 atom stereocenters. The van der Waals surface area contributed by atoms with Gasteiger partial charge in [0.05, 0.1) is 17.6 Å². The predicted octanol–water partition coefficient (Wildman–Crippen LogP) is 6.82. The van der Waals surface area contributed by atoms with E-state index >= 15 is 0 Å². The number of unbranched alkanes of at least 4 members (excludes halogenated alkanes) is 1. The van der Waals surface area contributed by atoms with Crippen molar-refractivity contribution in [2.24, 2.45) is 0 Å². The number of fused-ring (bicyclic) bond motifs is 1. The molecule has 2 heterocycles. The number of rotatable bonds is 7. The van der Waals surface area contributed by atoms with Gasteiger partial charge in [-0.1, -0.05) is 47.5 Å². The zero-order valence-corrected chi connectivity index (χ0v) is 18.8. The van der Waals surface area contributed by atoms with Gasteiger partial charge < -0.3 is 10.1 Å². The highest BCUT2D eigenvalue weighted by Crippen LogP contribution is 2.37. The van der Waals surface area contributed by atoms with Crippen molar-refractivity contribution in [3.63, 3.8) is 0 Å². The summed E-state index contributed by atoms with van der Waals surface area (Å²) in [5.74, 6) is 0.390. The lowest BCUT2D eigenvalue weighted by Crippen LogP contribution is -2.06. The standard InChI is InChI=1S/C23H20BrN3O2S/c1-2-3-11-29-23(28)16-5-4-6-18(12-16)27-21-20-19(13-30-22(20)26-14-25-21)15-7-9-17(24)10-8-15/h4-10,12-14H,2-3,11H2,1H3,(H,25,26,27). The molecule has 0 bridgehead atoms. The highest BCUT2D eigenvalue weighted by molar-refractivity contribution is 9.10. The first-order chi connectivity index (χ1) is 14.7. The Morgan fingerprint density at radius 3 is 2.80 bits per heavy atom. The van der Waals surface area contributed by atoms with Gasteiger partial charge in [-0.05, 0) is 42.3 Å². The maximum Gasteiger partial charge on any atom is 0.338 e. The Bertz CT molecular complexity index is 1170. The number of carbonyl (C=O) groups is 1. The number of nitrogens with one attached hydrogen (secondary N) is 1. The first-order valence-corrected chi connectivity index (χ1v) is 11.4. The Hall–Kier alpha value is -2.77. The summed E-state index contributed by atoms with van der Waals surface area (Å²) in [5.41, 5.74) is 3.45. The normalized spacial score (nSPS) is 10.9. The molecule has 0 amide bonds. The van der Waals surface area contributed by atoms with E-state index in [2.05, 4.69) is 55.7 Å². The molecular weight excluding hydrogens is 462 g/mol. The summed E-state index contributed by atoms with van der Waals surface area (Å²) < 4.78 is 6.35. The number of thiophene rings is 1. The number of ether oxygens (including phenoxy) is 1. The molecule has 7 heteroatoms. The maximum absolute atomic E-state index is 12.3. The van der Waals surface area contributed by atoms with Gasteiger partial charge in [-0.3, -0.25) is 0 Å². The van der Waals surface area contributed by atoms with Crippen LogP contribution in [0.4, 0.5) is 11.5 Å². The first-order valence-electron chi connectivity index (χ1n) is 9.68. The number of carbonyl (C=O) groups excluding carboxylic acids is 1. The third-order valence-corrected chi connectivity index (χ3v) is 6.03. The molecule has 0 saturated heterocycles. The Labute approximate surface area is 187 Å². The van der Waals surface area contributed by atoms with Crippen molar-refractivity contribution in [2.45, 2.75) is 19.8 Å². The van der Waals surface area contributed by atoms with E-state index < -0.39 is 0 Å². The van der Waals surface area contributed by atoms with Crippen LogP contribution in [0.15, 0.2) is 64.7 Å². The van der Waals surface area contributed by atoms with Crippen LogP contribution in [-0.2, 0) is 4.74 Å². The fraction of sp³-hybridized carbons (Fsp3) is 0.174. The van der Waals surface area contributed by atoms with Crippen LogP contribution in [0.3, 0.4) is 0 Å². The fourth-order valence-corrected chi connectivity index (χ4v) is 4.25. The molecular formula is C23H20BrN3O2S. The van der Waals surface area contributed by atoms with Crippen LogP contribution in [0, 0.1) is 0 Å². The number of anilines is 2. The summed E-state index contributed by atoms with van der Waals surface area (Å²) in [6.07, 6.45) is 3.40. The zero-order chi connectivity index (χ0) is 20.9. The fourth-order valence-electron chi connectivity index (χ4n) is 3.06. The molecule has 0 saturated carbocycles. The lowest BCUT2D eigenvalue weighted by Gasteiger charge is -2.10. The molecule has 0 aliphatic heterocycles. The third kappa shape index (κ3) is 4.52. The lowest BCUT2D eigenvalue weighted by molar-refractivity contribution is 0.0500. The van der Waals surface area contributed by atoms with E-state index in [4.69, 9.17) is 4.74 Å². The topological polar surface area (TPSA) is 64.1 Å². The smallest absolute Gasteiger partial charge is 0.338 e. The quantitative estimate of drug-likeness (QED) is 0.231. The summed E-state index contributed by atoms with van der Waals surface area (Å²) >= 11 is 5.06. The van der Waals surface area contributed by atoms with Crippen LogP contribution in [0.2, 0.25) is 0 Å². The molecule has 0 fully saturated rings. The molecule has 152 valence electrons. The van der Waals surface area contributed by atoms with Crippen LogP contribution < -0.4 is 5.32 Å². The van der Waals surface area contributed by atoms with Gasteiger partial charge in [-0.15, -0.1) is 11.3 Å². The number of nitrogens with zero attached hydrogens (tertiary/aromatic N) is 2. The van der Waals surface area contributed by atoms with Crippen LogP contribution in [0.1, 0.15) is 30.1 Å². The number of aromatic nitrogens is 2. The van der Waals surface area contributed by atoms with Crippen molar-refractivity contribution in [3.8, 4) is 11.1 Å². The van der Waals surface area contributed by atoms with E-state index in [1.54, 1.807) is 29.8 Å². The second kappa shape index (κ2) is 9.36. The van der Waals surface area contributed by atoms with Crippen molar-refractivity contribution in [1.29, 1.82) is 0 Å². The Balaban J connectivity index is 1.65. The number of esters is 1. The molecule has 0 radical (unpaired) electrons. The van der Waals surface area contributed by atoms with E-state index in [-0.39, 0.29) is 5.97 Å². The van der Waals surface area contributed by atoms with Gasteiger partial charge in [0.1, 0.15) is 17.0 Å². The molecule has 5 nitrogen and oxygen atoms in total. The SMILES string of the molecule is CCCCOC(=O)c1cccc(Nc2ncnc3scc(-c4ccc(Br)cc4)c23)c1. The third-order valence-electron chi connectivity index (χ3n) is 4.62. The van der Waals surface area contributed by atoms with E-state index in [9.17, 15) is 4.79 Å². The molecule has 2 aromatic carbocycles. The Morgan fingerprint density at radius 2 is 2.00 bits per heavy atom. The number of hydrogen-bond acceptors (Lipinski definition) is 6. The predicted molar refractivity (Wildman–Crippen MR) is 125 cm³/mol. The molecule has 4 rings (SSSR count). The van der Waals surface area contributed by atoms with Crippen LogP contribution in [0.5, 0.6) is 0 Å². The van der Waals surface area contributed by atoms with E-state index in [0.717, 1.165) is 44.3 Å². The molecule has 0 unspecified atom stereocenters. The van der Waals surface area contributed by atoms with Crippen molar-refractivity contribution in [3.05, 3.63) is 70.3 Å². The monoisotopic (exact) mass is 481 g/mol. The minimum atomic E-state index is -0.314. The van der Waals surface area contributed by atoms with Crippen molar-refractivity contribution in [1.82, 2.24) is 9.97 Å². The second-order valence-corrected chi connectivity index (χ2v) is 8.53. The molecule has 0 aliphatic rings. The van der Waals surface area contributed by atoms with Crippen LogP contribution in [0.25, 0.3) is 21.3 Å². The minimum Gasteiger partial charge on any atom is -0.462 e. The largest absolute Gasteiger partial charge is 0.462 e. The number of benzene rings is 2. The van der Waals surface area contributed by atoms with E-state index in [1.807, 2.05) is 24.3 Å². The van der Waals surface area contributed by atoms with Crippen molar-refractivity contribution < 1.29 is 9.53 Å². The Kier molecular flexibility index (Phi) is 6.40. The highest BCUT2D eigenvalue weighted by Gasteiger charge is 2.14. The van der Waals surface area contributed by atoms with Gasteiger partial charge >= 0.3 is 5.97 Å². The van der Waals surface area contributed by atoms with Crippen molar-refractivity contribution in [2.75, 3.05) is 11.9 Å². The minimum absolute atomic E-state index is 0.314. The Morgan fingerprint density at radius 1 is 1.17 bits per heavy atom. The van der Waals surface area contributed by atoms with Gasteiger partial charge in [0.25, 0.3) is 0 Å². The molecule has 4 aromatic rings. The zero-order valence-electron chi connectivity index (χ0n) is 16.4. The molecule has 0 spiro atoms. The van der Waals surface area contributed by atoms with Gasteiger partial charge in [0.15, 0.2) is 0 Å². The second-order valence-electron chi connectivity index (χ2n) is 6.75. The van der Waals surface area contributed by atoms with E-state index in [1.165, 1.54) is 0 Å². The number of hydrogen-bond donors (Lipinski definition) is 1. The summed E-state index contributed by atoms with van der Waals surface area (Å²) in [5, 5.41) is 6.41. The number of halogens is 1. The average molecular weight is 482 g/mol. The summed E-state index contributed by atoms with van der Waals surface area (Å²) in [6, 6.07) is 15.4. The van der Waals surface area contributed by atoms with Gasteiger partial charge in [-0.25, -0.2) is 14.8 Å². The van der Waals surface area contributed by atoms with Crippen LogP contribution >= 0.6 is 27.3 Å². The summed E-state index contributed by atoms with van der Waals surface area (Å²) in [4.78, 5) is 22.1. The lowest BCUT2D eigenvalue weighted by atomic mass is 10.1. The summed E-state index contributed by atoms with van der Waals surface area (Å²) in [6.45, 7) is 2.50. The van der Waals surface area contributed by atoms with Gasteiger partial charge in [0, 0.05) is 21.1 Å². The first kappa shape index (κ1) is 20.5. The summed E-state index contributed by atoms with van der Waals surface area (Å²) in [7, 11) is 0. The highest BCUT2D eigenvalue weighted by atomic mass is 79.9.